The number of aliphatic hydroxyl groups excluding tert-OH is 1. The first kappa shape index (κ1) is 20.0. The van der Waals surface area contributed by atoms with Gasteiger partial charge in [-0.2, -0.15) is 18.2 Å². The van der Waals surface area contributed by atoms with Crippen LogP contribution in [0.15, 0.2) is 24.3 Å². The third-order valence-electron chi connectivity index (χ3n) is 3.83. The van der Waals surface area contributed by atoms with E-state index in [4.69, 9.17) is 5.11 Å². The molecular formula is C18H23F3N4O. The van der Waals surface area contributed by atoms with Crippen LogP contribution >= 0.6 is 0 Å². The van der Waals surface area contributed by atoms with Crippen LogP contribution in [-0.4, -0.2) is 27.7 Å². The molecule has 0 fully saturated rings. The lowest BCUT2D eigenvalue weighted by atomic mass is 9.98. The Bertz CT molecular complexity index is 763. The van der Waals surface area contributed by atoms with Gasteiger partial charge in [-0.05, 0) is 43.0 Å². The summed E-state index contributed by atoms with van der Waals surface area (Å²) in [5.41, 5.74) is 1.80. The number of rotatable bonds is 6. The molecule has 0 aliphatic heterocycles. The molecule has 1 heterocycles. The number of aromatic nitrogens is 2. The van der Waals surface area contributed by atoms with Crippen molar-refractivity contribution in [3.8, 4) is 0 Å². The average molecular weight is 368 g/mol. The van der Waals surface area contributed by atoms with Crippen molar-refractivity contribution in [1.82, 2.24) is 9.97 Å². The Kier molecular flexibility index (Phi) is 6.07. The fourth-order valence-corrected chi connectivity index (χ4v) is 2.54. The summed E-state index contributed by atoms with van der Waals surface area (Å²) >= 11 is 0. The number of aliphatic hydroxyl groups is 1. The topological polar surface area (TPSA) is 70.1 Å². The molecule has 1 aromatic heterocycles. The molecule has 5 nitrogen and oxygen atoms in total. The molecule has 2 rings (SSSR count). The number of aryl methyl sites for hydroxylation is 1. The summed E-state index contributed by atoms with van der Waals surface area (Å²) < 4.78 is 39.3. The van der Waals surface area contributed by atoms with Crippen molar-refractivity contribution in [3.63, 3.8) is 0 Å². The third kappa shape index (κ3) is 5.08. The van der Waals surface area contributed by atoms with Gasteiger partial charge in [-0.15, -0.1) is 0 Å². The van der Waals surface area contributed by atoms with E-state index in [-0.39, 0.29) is 18.4 Å². The Morgan fingerprint density at radius 1 is 1.12 bits per heavy atom. The molecule has 2 aromatic rings. The Morgan fingerprint density at radius 2 is 1.81 bits per heavy atom. The molecule has 8 heteroatoms. The average Bonchev–Trinajstić information content (AvgIpc) is 2.53. The van der Waals surface area contributed by atoms with Crippen LogP contribution < -0.4 is 10.6 Å². The van der Waals surface area contributed by atoms with Crippen molar-refractivity contribution < 1.29 is 18.3 Å². The minimum absolute atomic E-state index is 0.0247. The zero-order valence-electron chi connectivity index (χ0n) is 15.1. The molecule has 1 aromatic carbocycles. The van der Waals surface area contributed by atoms with Gasteiger partial charge in [-0.25, -0.2) is 4.98 Å². The largest absolute Gasteiger partial charge is 0.433 e. The summed E-state index contributed by atoms with van der Waals surface area (Å²) in [5, 5.41) is 14.6. The molecule has 0 aliphatic carbocycles. The second-order valence-electron chi connectivity index (χ2n) is 6.54. The lowest BCUT2D eigenvalue weighted by Crippen LogP contribution is -2.22. The second kappa shape index (κ2) is 7.90. The van der Waals surface area contributed by atoms with Crippen molar-refractivity contribution in [1.29, 1.82) is 0 Å². The molecule has 26 heavy (non-hydrogen) atoms. The van der Waals surface area contributed by atoms with E-state index < -0.39 is 17.9 Å². The summed E-state index contributed by atoms with van der Waals surface area (Å²) in [4.78, 5) is 7.56. The van der Waals surface area contributed by atoms with E-state index >= 15 is 0 Å². The van der Waals surface area contributed by atoms with Crippen LogP contribution in [0.4, 0.5) is 30.6 Å². The van der Waals surface area contributed by atoms with Gasteiger partial charge in [0.2, 0.25) is 5.95 Å². The van der Waals surface area contributed by atoms with Gasteiger partial charge in [-0.3, -0.25) is 0 Å². The number of anilines is 3. The van der Waals surface area contributed by atoms with Gasteiger partial charge in [0.05, 0.1) is 6.61 Å². The molecule has 0 spiro atoms. The van der Waals surface area contributed by atoms with Crippen LogP contribution in [0.3, 0.4) is 0 Å². The van der Waals surface area contributed by atoms with Gasteiger partial charge in [0.15, 0.2) is 5.69 Å². The highest BCUT2D eigenvalue weighted by Gasteiger charge is 2.34. The van der Waals surface area contributed by atoms with Crippen LogP contribution in [0, 0.1) is 6.92 Å². The highest BCUT2D eigenvalue weighted by Crippen LogP contribution is 2.31. The molecule has 0 unspecified atom stereocenters. The predicted molar refractivity (Wildman–Crippen MR) is 95.8 cm³/mol. The molecule has 0 radical (unpaired) electrons. The monoisotopic (exact) mass is 368 g/mol. The van der Waals surface area contributed by atoms with Gasteiger partial charge < -0.3 is 15.7 Å². The number of nitrogens with zero attached hydrogens (tertiary/aromatic N) is 2. The smallest absolute Gasteiger partial charge is 0.394 e. The number of alkyl halides is 3. The number of nitrogens with one attached hydrogen (secondary N) is 2. The molecular weight excluding hydrogens is 345 g/mol. The number of benzene rings is 1. The first-order valence-corrected chi connectivity index (χ1v) is 8.31. The van der Waals surface area contributed by atoms with Crippen molar-refractivity contribution in [2.75, 3.05) is 17.2 Å². The number of hydrogen-bond donors (Lipinski definition) is 3. The summed E-state index contributed by atoms with van der Waals surface area (Å²) in [6.07, 6.45) is -4.60. The van der Waals surface area contributed by atoms with Crippen LogP contribution in [0.2, 0.25) is 0 Å². The van der Waals surface area contributed by atoms with Crippen molar-refractivity contribution in [3.05, 3.63) is 41.1 Å². The zero-order chi connectivity index (χ0) is 19.5. The molecule has 0 amide bonds. The Morgan fingerprint density at radius 3 is 2.35 bits per heavy atom. The molecule has 0 saturated heterocycles. The summed E-state index contributed by atoms with van der Waals surface area (Å²) in [6, 6.07) is 6.01. The Balaban J connectivity index is 2.35. The highest BCUT2D eigenvalue weighted by molar-refractivity contribution is 5.59. The van der Waals surface area contributed by atoms with E-state index in [1.807, 2.05) is 19.1 Å². The zero-order valence-corrected chi connectivity index (χ0v) is 15.1. The van der Waals surface area contributed by atoms with Gasteiger partial charge in [0.1, 0.15) is 5.82 Å². The highest BCUT2D eigenvalue weighted by atomic mass is 19.4. The fourth-order valence-electron chi connectivity index (χ4n) is 2.54. The SMILES string of the molecule is Cc1cc(Nc2cc(C(F)(F)F)nc(N[C@@H](C)CO)n2)ccc1C(C)C. The first-order chi connectivity index (χ1) is 12.1. The summed E-state index contributed by atoms with van der Waals surface area (Å²) in [5.74, 6) is 0.187. The summed E-state index contributed by atoms with van der Waals surface area (Å²) in [7, 11) is 0. The van der Waals surface area contributed by atoms with Gasteiger partial charge >= 0.3 is 6.18 Å². The Hall–Kier alpha value is -2.35. The maximum Gasteiger partial charge on any atom is 0.433 e. The molecule has 0 aliphatic rings. The Labute approximate surface area is 150 Å². The van der Waals surface area contributed by atoms with Crippen molar-refractivity contribution in [2.24, 2.45) is 0 Å². The van der Waals surface area contributed by atoms with E-state index in [2.05, 4.69) is 34.4 Å². The van der Waals surface area contributed by atoms with E-state index in [9.17, 15) is 13.2 Å². The van der Waals surface area contributed by atoms with Crippen molar-refractivity contribution >= 4 is 17.5 Å². The lowest BCUT2D eigenvalue weighted by molar-refractivity contribution is -0.141. The van der Waals surface area contributed by atoms with E-state index in [0.717, 1.165) is 11.6 Å². The third-order valence-corrected chi connectivity index (χ3v) is 3.83. The van der Waals surface area contributed by atoms with Crippen LogP contribution in [0.5, 0.6) is 0 Å². The van der Waals surface area contributed by atoms with Crippen LogP contribution in [0.1, 0.15) is 43.5 Å². The minimum Gasteiger partial charge on any atom is -0.394 e. The fraction of sp³-hybridized carbons (Fsp3) is 0.444. The summed E-state index contributed by atoms with van der Waals surface area (Å²) in [6.45, 7) is 7.48. The standard InChI is InChI=1S/C18H23F3N4O/c1-10(2)14-6-5-13(7-11(14)3)23-16-8-15(18(19,20)21)24-17(25-16)22-12(4)9-26/h5-8,10,12,26H,9H2,1-4H3,(H2,22,23,24,25)/t12-/m0/s1. The van der Waals surface area contributed by atoms with E-state index in [1.165, 1.54) is 5.56 Å². The maximum absolute atomic E-state index is 13.1. The van der Waals surface area contributed by atoms with Crippen LogP contribution in [0.25, 0.3) is 0 Å². The van der Waals surface area contributed by atoms with Gasteiger partial charge in [0, 0.05) is 17.8 Å². The van der Waals surface area contributed by atoms with Crippen LogP contribution in [-0.2, 0) is 6.18 Å². The molecule has 1 atom stereocenters. The molecule has 0 bridgehead atoms. The van der Waals surface area contributed by atoms with Gasteiger partial charge in [-0.1, -0.05) is 19.9 Å². The van der Waals surface area contributed by atoms with E-state index in [1.54, 1.807) is 13.0 Å². The lowest BCUT2D eigenvalue weighted by Gasteiger charge is -2.16. The van der Waals surface area contributed by atoms with Gasteiger partial charge in [0.25, 0.3) is 0 Å². The maximum atomic E-state index is 13.1. The minimum atomic E-state index is -4.60. The quantitative estimate of drug-likeness (QED) is 0.702. The van der Waals surface area contributed by atoms with Crippen molar-refractivity contribution in [2.45, 2.75) is 45.8 Å². The molecule has 0 saturated carbocycles. The van der Waals surface area contributed by atoms with E-state index in [0.29, 0.717) is 11.6 Å². The first-order valence-electron chi connectivity index (χ1n) is 8.31. The predicted octanol–water partition coefficient (Wildman–Crippen LogP) is 4.46. The number of hydrogen-bond acceptors (Lipinski definition) is 5. The second-order valence-corrected chi connectivity index (χ2v) is 6.54. The number of halogens is 3. The molecule has 3 N–H and O–H groups in total. The molecule has 142 valence electrons. The normalized spacial score (nSPS) is 13.0.